The highest BCUT2D eigenvalue weighted by Crippen LogP contribution is 2.26. The van der Waals surface area contributed by atoms with Gasteiger partial charge in [-0.25, -0.2) is 4.39 Å². The minimum atomic E-state index is -0.239. The van der Waals surface area contributed by atoms with Crippen LogP contribution in [0.1, 0.15) is 11.1 Å². The van der Waals surface area contributed by atoms with Gasteiger partial charge in [0.25, 0.3) is 0 Å². The highest BCUT2D eigenvalue weighted by molar-refractivity contribution is 6.35. The Morgan fingerprint density at radius 2 is 1.67 bits per heavy atom. The number of aromatic nitrogens is 1. The van der Waals surface area contributed by atoms with Crippen molar-refractivity contribution >= 4 is 39.8 Å². The van der Waals surface area contributed by atoms with Crippen LogP contribution in [0.5, 0.6) is 0 Å². The van der Waals surface area contributed by atoms with E-state index in [9.17, 15) is 4.39 Å². The predicted octanol–water partition coefficient (Wildman–Crippen LogP) is 6.75. The molecule has 0 aliphatic rings. The van der Waals surface area contributed by atoms with Gasteiger partial charge in [-0.15, -0.1) is 0 Å². The van der Waals surface area contributed by atoms with Crippen LogP contribution in [0.4, 0.5) is 10.1 Å². The molecule has 0 amide bonds. The zero-order valence-electron chi connectivity index (χ0n) is 14.4. The number of nitrogens with zero attached hydrogens (tertiary/aromatic N) is 1. The van der Waals surface area contributed by atoms with Crippen LogP contribution < -0.4 is 5.32 Å². The number of rotatable bonds is 5. The van der Waals surface area contributed by atoms with Gasteiger partial charge in [-0.05, 0) is 53.6 Å². The maximum absolute atomic E-state index is 13.1. The second-order valence-electron chi connectivity index (χ2n) is 6.40. The quantitative estimate of drug-likeness (QED) is 0.393. The van der Waals surface area contributed by atoms with Crippen LogP contribution in [0.25, 0.3) is 10.9 Å². The Morgan fingerprint density at radius 3 is 2.44 bits per heavy atom. The molecule has 3 aromatic carbocycles. The molecule has 0 bridgehead atoms. The summed E-state index contributed by atoms with van der Waals surface area (Å²) in [5.74, 6) is -0.239. The third kappa shape index (κ3) is 3.95. The van der Waals surface area contributed by atoms with Crippen molar-refractivity contribution in [1.29, 1.82) is 0 Å². The van der Waals surface area contributed by atoms with E-state index in [1.807, 2.05) is 24.3 Å². The Kier molecular flexibility index (Phi) is 5.06. The fraction of sp³-hybridized carbons (Fsp3) is 0.0909. The van der Waals surface area contributed by atoms with E-state index in [-0.39, 0.29) is 5.82 Å². The number of nitrogens with one attached hydrogen (secondary N) is 1. The van der Waals surface area contributed by atoms with Crippen molar-refractivity contribution in [1.82, 2.24) is 4.57 Å². The summed E-state index contributed by atoms with van der Waals surface area (Å²) in [6.45, 7) is 1.31. The molecule has 0 unspecified atom stereocenters. The molecule has 0 saturated heterocycles. The third-order valence-electron chi connectivity index (χ3n) is 4.55. The van der Waals surface area contributed by atoms with Crippen LogP contribution in [0.15, 0.2) is 72.9 Å². The summed E-state index contributed by atoms with van der Waals surface area (Å²) in [7, 11) is 0. The van der Waals surface area contributed by atoms with E-state index in [1.165, 1.54) is 23.1 Å². The van der Waals surface area contributed by atoms with E-state index in [4.69, 9.17) is 23.2 Å². The van der Waals surface area contributed by atoms with Gasteiger partial charge in [0.2, 0.25) is 0 Å². The maximum Gasteiger partial charge on any atom is 0.123 e. The number of halogens is 3. The minimum Gasteiger partial charge on any atom is -0.381 e. The molecule has 27 heavy (non-hydrogen) atoms. The SMILES string of the molecule is Fc1ccc(NCc2cn(Cc3ccc(Cl)cc3Cl)c3ccccc23)cc1. The molecule has 0 aliphatic carbocycles. The summed E-state index contributed by atoms with van der Waals surface area (Å²) in [6.07, 6.45) is 2.13. The zero-order chi connectivity index (χ0) is 18.8. The summed E-state index contributed by atoms with van der Waals surface area (Å²) in [5.41, 5.74) is 4.20. The monoisotopic (exact) mass is 398 g/mol. The second-order valence-corrected chi connectivity index (χ2v) is 7.24. The van der Waals surface area contributed by atoms with Crippen LogP contribution in [-0.4, -0.2) is 4.57 Å². The predicted molar refractivity (Wildman–Crippen MR) is 111 cm³/mol. The lowest BCUT2D eigenvalue weighted by molar-refractivity contribution is 0.628. The van der Waals surface area contributed by atoms with Gasteiger partial charge in [0.1, 0.15) is 5.82 Å². The van der Waals surface area contributed by atoms with Crippen LogP contribution in [0, 0.1) is 5.82 Å². The fourth-order valence-corrected chi connectivity index (χ4v) is 3.66. The molecule has 0 fully saturated rings. The number of para-hydroxylation sites is 1. The first-order chi connectivity index (χ1) is 13.1. The molecular formula is C22H17Cl2FN2. The lowest BCUT2D eigenvalue weighted by Gasteiger charge is -2.08. The Morgan fingerprint density at radius 1 is 0.889 bits per heavy atom. The van der Waals surface area contributed by atoms with Crippen LogP contribution in [0.3, 0.4) is 0 Å². The van der Waals surface area contributed by atoms with E-state index in [0.717, 1.165) is 16.8 Å². The number of anilines is 1. The molecule has 0 aliphatic heterocycles. The van der Waals surface area contributed by atoms with Crippen molar-refractivity contribution in [2.45, 2.75) is 13.1 Å². The van der Waals surface area contributed by atoms with Gasteiger partial charge in [0.15, 0.2) is 0 Å². The van der Waals surface area contributed by atoms with Gasteiger partial charge in [-0.3, -0.25) is 0 Å². The molecule has 1 aromatic heterocycles. The Bertz CT molecular complexity index is 1090. The number of benzene rings is 3. The Balaban J connectivity index is 1.63. The van der Waals surface area contributed by atoms with Crippen LogP contribution >= 0.6 is 23.2 Å². The molecule has 1 N–H and O–H groups in total. The Hall–Kier alpha value is -2.49. The molecule has 1 heterocycles. The normalized spacial score (nSPS) is 11.1. The van der Waals surface area contributed by atoms with Crippen molar-refractivity contribution in [2.24, 2.45) is 0 Å². The molecular weight excluding hydrogens is 382 g/mol. The number of hydrogen-bond acceptors (Lipinski definition) is 1. The smallest absolute Gasteiger partial charge is 0.123 e. The maximum atomic E-state index is 13.1. The molecule has 0 spiro atoms. The topological polar surface area (TPSA) is 17.0 Å². The summed E-state index contributed by atoms with van der Waals surface area (Å²) >= 11 is 12.4. The fourth-order valence-electron chi connectivity index (χ4n) is 3.19. The van der Waals surface area contributed by atoms with Gasteiger partial charge in [0, 0.05) is 45.9 Å². The minimum absolute atomic E-state index is 0.239. The first-order valence-corrected chi connectivity index (χ1v) is 9.36. The summed E-state index contributed by atoms with van der Waals surface area (Å²) in [6, 6.07) is 20.2. The molecule has 5 heteroatoms. The molecule has 2 nitrogen and oxygen atoms in total. The van der Waals surface area contributed by atoms with E-state index in [1.54, 1.807) is 18.2 Å². The van der Waals surface area contributed by atoms with Crippen molar-refractivity contribution in [2.75, 3.05) is 5.32 Å². The second kappa shape index (κ2) is 7.63. The van der Waals surface area contributed by atoms with Crippen LogP contribution in [0.2, 0.25) is 10.0 Å². The van der Waals surface area contributed by atoms with E-state index in [0.29, 0.717) is 23.1 Å². The zero-order valence-corrected chi connectivity index (χ0v) is 15.9. The van der Waals surface area contributed by atoms with Gasteiger partial charge in [-0.2, -0.15) is 0 Å². The van der Waals surface area contributed by atoms with E-state index < -0.39 is 0 Å². The molecule has 4 rings (SSSR count). The van der Waals surface area contributed by atoms with Crippen LogP contribution in [-0.2, 0) is 13.1 Å². The molecule has 0 atom stereocenters. The summed E-state index contributed by atoms with van der Waals surface area (Å²) < 4.78 is 15.3. The van der Waals surface area contributed by atoms with E-state index in [2.05, 4.69) is 28.2 Å². The summed E-state index contributed by atoms with van der Waals surface area (Å²) in [5, 5.41) is 5.82. The lowest BCUT2D eigenvalue weighted by atomic mass is 10.1. The largest absolute Gasteiger partial charge is 0.381 e. The molecule has 0 saturated carbocycles. The highest BCUT2D eigenvalue weighted by Gasteiger charge is 2.10. The van der Waals surface area contributed by atoms with Gasteiger partial charge in [0.05, 0.1) is 0 Å². The number of fused-ring (bicyclic) bond motifs is 1. The van der Waals surface area contributed by atoms with Crippen molar-refractivity contribution in [3.8, 4) is 0 Å². The summed E-state index contributed by atoms with van der Waals surface area (Å²) in [4.78, 5) is 0. The lowest BCUT2D eigenvalue weighted by Crippen LogP contribution is -2.00. The van der Waals surface area contributed by atoms with Gasteiger partial charge in [-0.1, -0.05) is 47.5 Å². The first-order valence-electron chi connectivity index (χ1n) is 8.60. The van der Waals surface area contributed by atoms with E-state index >= 15 is 0 Å². The van der Waals surface area contributed by atoms with Crippen molar-refractivity contribution in [3.63, 3.8) is 0 Å². The highest BCUT2D eigenvalue weighted by atomic mass is 35.5. The average Bonchev–Trinajstić information content (AvgIpc) is 3.01. The van der Waals surface area contributed by atoms with Gasteiger partial charge >= 0.3 is 0 Å². The van der Waals surface area contributed by atoms with Gasteiger partial charge < -0.3 is 9.88 Å². The average molecular weight is 399 g/mol. The number of hydrogen-bond donors (Lipinski definition) is 1. The standard InChI is InChI=1S/C22H17Cl2FN2/c23-17-6-5-15(21(24)11-17)13-27-14-16(20-3-1-2-4-22(20)27)12-26-19-9-7-18(25)8-10-19/h1-11,14,26H,12-13H2. The van der Waals surface area contributed by atoms with Crippen molar-refractivity contribution in [3.05, 3.63) is 99.9 Å². The van der Waals surface area contributed by atoms with Crippen molar-refractivity contribution < 1.29 is 4.39 Å². The first kappa shape index (κ1) is 17.9. The molecule has 4 aromatic rings. The molecule has 0 radical (unpaired) electrons. The third-order valence-corrected chi connectivity index (χ3v) is 5.14. The molecule has 136 valence electrons. The Labute approximate surface area is 167 Å².